The zero-order chi connectivity index (χ0) is 21.2. The summed E-state index contributed by atoms with van der Waals surface area (Å²) in [5.74, 6) is 0.442. The highest BCUT2D eigenvalue weighted by molar-refractivity contribution is 6.01. The van der Waals surface area contributed by atoms with E-state index >= 15 is 0 Å². The minimum Gasteiger partial charge on any atom is -0.493 e. The van der Waals surface area contributed by atoms with Crippen LogP contribution in [0.3, 0.4) is 0 Å². The van der Waals surface area contributed by atoms with E-state index in [-0.39, 0.29) is 23.4 Å². The number of para-hydroxylation sites is 1. The molecule has 0 radical (unpaired) electrons. The highest BCUT2D eigenvalue weighted by Crippen LogP contribution is 2.27. The molecule has 2 aromatic carbocycles. The van der Waals surface area contributed by atoms with Gasteiger partial charge in [0.1, 0.15) is 17.4 Å². The summed E-state index contributed by atoms with van der Waals surface area (Å²) in [6, 6.07) is 13.1. The standard InChI is InChI=1S/C21H20F2N2O4/c1-27-18-8-7-14(11-19(18)28-2)9-10-25-20(26)16(13-24)12-15-5-3-4-6-17(15)29-21(22)23/h3-8,11-12,21H,9-10H2,1-2H3,(H,25,26). The van der Waals surface area contributed by atoms with Gasteiger partial charge in [0.05, 0.1) is 14.2 Å². The monoisotopic (exact) mass is 402 g/mol. The van der Waals surface area contributed by atoms with Crippen LogP contribution in [0.2, 0.25) is 0 Å². The number of methoxy groups -OCH3 is 2. The molecule has 1 amide bonds. The molecule has 6 nitrogen and oxygen atoms in total. The molecule has 0 aromatic heterocycles. The van der Waals surface area contributed by atoms with E-state index in [1.807, 2.05) is 6.07 Å². The number of amides is 1. The van der Waals surface area contributed by atoms with Crippen molar-refractivity contribution in [2.45, 2.75) is 13.0 Å². The zero-order valence-corrected chi connectivity index (χ0v) is 15.9. The van der Waals surface area contributed by atoms with Crippen LogP contribution >= 0.6 is 0 Å². The highest BCUT2D eigenvalue weighted by Gasteiger charge is 2.13. The molecule has 0 atom stereocenters. The summed E-state index contributed by atoms with van der Waals surface area (Å²) < 4.78 is 39.8. The fraction of sp³-hybridized carbons (Fsp3) is 0.238. The second-order valence-corrected chi connectivity index (χ2v) is 5.78. The molecule has 1 N–H and O–H groups in total. The van der Waals surface area contributed by atoms with Crippen molar-refractivity contribution in [2.24, 2.45) is 0 Å². The van der Waals surface area contributed by atoms with E-state index in [1.165, 1.54) is 38.5 Å². The van der Waals surface area contributed by atoms with Crippen LogP contribution in [-0.2, 0) is 11.2 Å². The molecule has 2 aromatic rings. The van der Waals surface area contributed by atoms with Crippen molar-refractivity contribution in [1.29, 1.82) is 5.26 Å². The van der Waals surface area contributed by atoms with Crippen molar-refractivity contribution in [2.75, 3.05) is 20.8 Å². The minimum atomic E-state index is -3.01. The van der Waals surface area contributed by atoms with Crippen LogP contribution in [0.15, 0.2) is 48.0 Å². The summed E-state index contributed by atoms with van der Waals surface area (Å²) in [5.41, 5.74) is 0.892. The van der Waals surface area contributed by atoms with E-state index < -0.39 is 12.5 Å². The van der Waals surface area contributed by atoms with E-state index in [9.17, 15) is 18.8 Å². The van der Waals surface area contributed by atoms with Crippen molar-refractivity contribution in [3.8, 4) is 23.3 Å². The molecule has 0 aliphatic heterocycles. The molecular weight excluding hydrogens is 382 g/mol. The number of hydrogen-bond acceptors (Lipinski definition) is 5. The van der Waals surface area contributed by atoms with Gasteiger partial charge < -0.3 is 19.5 Å². The van der Waals surface area contributed by atoms with Crippen LogP contribution in [0.25, 0.3) is 6.08 Å². The summed E-state index contributed by atoms with van der Waals surface area (Å²) >= 11 is 0. The Kier molecular flexibility index (Phi) is 7.98. The quantitative estimate of drug-likeness (QED) is 0.512. The van der Waals surface area contributed by atoms with E-state index in [4.69, 9.17) is 9.47 Å². The van der Waals surface area contributed by atoms with Crippen LogP contribution in [-0.4, -0.2) is 33.3 Å². The lowest BCUT2D eigenvalue weighted by molar-refractivity contribution is -0.117. The van der Waals surface area contributed by atoms with Crippen molar-refractivity contribution < 1.29 is 27.8 Å². The molecule has 0 saturated heterocycles. The maximum atomic E-state index is 12.5. The summed E-state index contributed by atoms with van der Waals surface area (Å²) in [6.45, 7) is -2.74. The Bertz CT molecular complexity index is 923. The van der Waals surface area contributed by atoms with Gasteiger partial charge in [-0.3, -0.25) is 4.79 Å². The van der Waals surface area contributed by atoms with Crippen LogP contribution in [0, 0.1) is 11.3 Å². The van der Waals surface area contributed by atoms with Gasteiger partial charge in [0.2, 0.25) is 0 Å². The molecule has 0 heterocycles. The first-order chi connectivity index (χ1) is 14.0. The Morgan fingerprint density at radius 1 is 1.14 bits per heavy atom. The zero-order valence-electron chi connectivity index (χ0n) is 15.9. The lowest BCUT2D eigenvalue weighted by Gasteiger charge is -2.10. The number of nitrogens with one attached hydrogen (secondary N) is 1. The Morgan fingerprint density at radius 3 is 2.52 bits per heavy atom. The van der Waals surface area contributed by atoms with Gasteiger partial charge in [-0.2, -0.15) is 14.0 Å². The Morgan fingerprint density at radius 2 is 1.86 bits per heavy atom. The number of nitriles is 1. The number of rotatable bonds is 9. The summed E-state index contributed by atoms with van der Waals surface area (Å²) in [7, 11) is 3.07. The number of carbonyl (C=O) groups is 1. The molecule has 0 fully saturated rings. The predicted octanol–water partition coefficient (Wildman–Crippen LogP) is 3.57. The van der Waals surface area contributed by atoms with Gasteiger partial charge in [-0.25, -0.2) is 0 Å². The maximum absolute atomic E-state index is 12.5. The largest absolute Gasteiger partial charge is 0.493 e. The van der Waals surface area contributed by atoms with Crippen molar-refractivity contribution in [1.82, 2.24) is 5.32 Å². The number of alkyl halides is 2. The molecule has 0 aliphatic carbocycles. The third-order valence-corrected chi connectivity index (χ3v) is 3.95. The lowest BCUT2D eigenvalue weighted by atomic mass is 10.1. The van der Waals surface area contributed by atoms with Crippen LogP contribution in [0.4, 0.5) is 8.78 Å². The molecule has 0 spiro atoms. The van der Waals surface area contributed by atoms with Gasteiger partial charge in [-0.1, -0.05) is 24.3 Å². The van der Waals surface area contributed by atoms with Crippen molar-refractivity contribution in [3.63, 3.8) is 0 Å². The predicted molar refractivity (Wildman–Crippen MR) is 103 cm³/mol. The third kappa shape index (κ3) is 6.21. The molecule has 0 aliphatic rings. The second kappa shape index (κ2) is 10.7. The summed E-state index contributed by atoms with van der Waals surface area (Å²) in [4.78, 5) is 12.3. The number of nitrogens with zero attached hydrogens (tertiary/aromatic N) is 1. The maximum Gasteiger partial charge on any atom is 0.387 e. The molecule has 152 valence electrons. The Balaban J connectivity index is 2.04. The summed E-state index contributed by atoms with van der Waals surface area (Å²) in [6.07, 6.45) is 1.71. The second-order valence-electron chi connectivity index (χ2n) is 5.78. The van der Waals surface area contributed by atoms with Crippen molar-refractivity contribution >= 4 is 12.0 Å². The summed E-state index contributed by atoms with van der Waals surface area (Å²) in [5, 5.41) is 11.9. The fourth-order valence-corrected chi connectivity index (χ4v) is 2.56. The number of ether oxygens (including phenoxy) is 3. The first-order valence-corrected chi connectivity index (χ1v) is 8.63. The third-order valence-electron chi connectivity index (χ3n) is 3.95. The van der Waals surface area contributed by atoms with E-state index in [0.29, 0.717) is 17.9 Å². The molecular formula is C21H20F2N2O4. The van der Waals surface area contributed by atoms with Crippen LogP contribution in [0.1, 0.15) is 11.1 Å². The Labute approximate surface area is 167 Å². The number of halogens is 2. The van der Waals surface area contributed by atoms with Gasteiger partial charge >= 0.3 is 6.61 Å². The number of carbonyl (C=O) groups excluding carboxylic acids is 1. The van der Waals surface area contributed by atoms with Crippen molar-refractivity contribution in [3.05, 3.63) is 59.2 Å². The average Bonchev–Trinajstić information content (AvgIpc) is 2.72. The van der Waals surface area contributed by atoms with Gasteiger partial charge in [-0.05, 0) is 36.3 Å². The molecule has 0 unspecified atom stereocenters. The normalized spacial score (nSPS) is 11.0. The van der Waals surface area contributed by atoms with Crippen LogP contribution < -0.4 is 19.5 Å². The van der Waals surface area contributed by atoms with E-state index in [0.717, 1.165) is 5.56 Å². The molecule has 2 rings (SSSR count). The van der Waals surface area contributed by atoms with Crippen LogP contribution in [0.5, 0.6) is 17.2 Å². The van der Waals surface area contributed by atoms with Gasteiger partial charge in [0.25, 0.3) is 5.91 Å². The van der Waals surface area contributed by atoms with Gasteiger partial charge in [-0.15, -0.1) is 0 Å². The first kappa shape index (κ1) is 21.7. The van der Waals surface area contributed by atoms with E-state index in [2.05, 4.69) is 10.1 Å². The first-order valence-electron chi connectivity index (χ1n) is 8.63. The molecule has 0 bridgehead atoms. The smallest absolute Gasteiger partial charge is 0.387 e. The minimum absolute atomic E-state index is 0.117. The lowest BCUT2D eigenvalue weighted by Crippen LogP contribution is -2.26. The number of hydrogen-bond donors (Lipinski definition) is 1. The van der Waals surface area contributed by atoms with Gasteiger partial charge in [0.15, 0.2) is 11.5 Å². The van der Waals surface area contributed by atoms with E-state index in [1.54, 1.807) is 24.3 Å². The SMILES string of the molecule is COc1ccc(CCNC(=O)C(C#N)=Cc2ccccc2OC(F)F)cc1OC. The Hall–Kier alpha value is -3.60. The number of benzene rings is 2. The highest BCUT2D eigenvalue weighted by atomic mass is 19.3. The fourth-order valence-electron chi connectivity index (χ4n) is 2.56. The topological polar surface area (TPSA) is 80.6 Å². The molecule has 29 heavy (non-hydrogen) atoms. The molecule has 8 heteroatoms. The molecule has 0 saturated carbocycles. The average molecular weight is 402 g/mol. The van der Waals surface area contributed by atoms with Gasteiger partial charge in [0, 0.05) is 12.1 Å².